The topological polar surface area (TPSA) is 42.7 Å². The lowest BCUT2D eigenvalue weighted by atomic mass is 10.1. The van der Waals surface area contributed by atoms with Crippen LogP contribution in [0.25, 0.3) is 0 Å². The second-order valence-corrected chi connectivity index (χ2v) is 5.28. The summed E-state index contributed by atoms with van der Waals surface area (Å²) in [6.07, 6.45) is 9.98. The fraction of sp³-hybridized carbons (Fsp3) is 0.857. The molecule has 0 amide bonds. The van der Waals surface area contributed by atoms with Crippen LogP contribution in [-0.2, 0) is 13.1 Å². The standard InChI is InChI=1S/C14H28N4/c1-4-5-6-7-8-9-10-18-12-14(16-17-18)11-15-13(2)3/h12-13,15H,4-11H2,1-3H3. The number of hydrogen-bond acceptors (Lipinski definition) is 3. The maximum absolute atomic E-state index is 4.17. The second-order valence-electron chi connectivity index (χ2n) is 5.28. The van der Waals surface area contributed by atoms with Gasteiger partial charge in [-0.1, -0.05) is 58.1 Å². The zero-order valence-electron chi connectivity index (χ0n) is 12.2. The Morgan fingerprint density at radius 3 is 2.61 bits per heavy atom. The van der Waals surface area contributed by atoms with Crippen LogP contribution in [0.1, 0.15) is 65.0 Å². The highest BCUT2D eigenvalue weighted by Crippen LogP contribution is 2.06. The molecule has 0 unspecified atom stereocenters. The number of aryl methyl sites for hydroxylation is 1. The highest BCUT2D eigenvalue weighted by Gasteiger charge is 2.01. The lowest BCUT2D eigenvalue weighted by Gasteiger charge is -2.04. The van der Waals surface area contributed by atoms with E-state index in [1.165, 1.54) is 38.5 Å². The molecule has 4 heteroatoms. The summed E-state index contributed by atoms with van der Waals surface area (Å²) in [5, 5.41) is 11.7. The molecule has 1 aromatic rings. The first-order chi connectivity index (χ1) is 8.72. The fourth-order valence-electron chi connectivity index (χ4n) is 1.89. The Morgan fingerprint density at radius 1 is 1.17 bits per heavy atom. The number of rotatable bonds is 10. The molecule has 0 aliphatic heterocycles. The van der Waals surface area contributed by atoms with E-state index in [0.717, 1.165) is 18.8 Å². The average molecular weight is 252 g/mol. The molecule has 0 saturated heterocycles. The summed E-state index contributed by atoms with van der Waals surface area (Å²) in [5.74, 6) is 0. The Hall–Kier alpha value is -0.900. The van der Waals surface area contributed by atoms with Gasteiger partial charge in [-0.2, -0.15) is 0 Å². The van der Waals surface area contributed by atoms with Crippen LogP contribution >= 0.6 is 0 Å². The molecule has 0 atom stereocenters. The third-order valence-corrected chi connectivity index (χ3v) is 3.02. The van der Waals surface area contributed by atoms with Crippen LogP contribution in [0.4, 0.5) is 0 Å². The Balaban J connectivity index is 2.11. The van der Waals surface area contributed by atoms with Crippen molar-refractivity contribution in [2.75, 3.05) is 0 Å². The van der Waals surface area contributed by atoms with Gasteiger partial charge in [0.25, 0.3) is 0 Å². The van der Waals surface area contributed by atoms with Crippen molar-refractivity contribution in [3.8, 4) is 0 Å². The van der Waals surface area contributed by atoms with Gasteiger partial charge in [0.2, 0.25) is 0 Å². The fourth-order valence-corrected chi connectivity index (χ4v) is 1.89. The predicted molar refractivity (Wildman–Crippen MR) is 75.4 cm³/mol. The van der Waals surface area contributed by atoms with E-state index in [2.05, 4.69) is 42.6 Å². The van der Waals surface area contributed by atoms with Gasteiger partial charge in [0.15, 0.2) is 0 Å². The summed E-state index contributed by atoms with van der Waals surface area (Å²) < 4.78 is 1.97. The van der Waals surface area contributed by atoms with Crippen molar-refractivity contribution in [3.63, 3.8) is 0 Å². The first kappa shape index (κ1) is 15.2. The Labute approximate surface area is 111 Å². The molecule has 0 aromatic carbocycles. The molecule has 1 heterocycles. The van der Waals surface area contributed by atoms with Crippen molar-refractivity contribution in [1.29, 1.82) is 0 Å². The third kappa shape index (κ3) is 6.74. The normalized spacial score (nSPS) is 11.3. The molecule has 1 rings (SSSR count). The number of hydrogen-bond donors (Lipinski definition) is 1. The lowest BCUT2D eigenvalue weighted by Crippen LogP contribution is -2.21. The van der Waals surface area contributed by atoms with E-state index in [0.29, 0.717) is 6.04 Å². The molecule has 1 aromatic heterocycles. The maximum Gasteiger partial charge on any atom is 0.0964 e. The molecule has 0 bridgehead atoms. The van der Waals surface area contributed by atoms with E-state index in [9.17, 15) is 0 Å². The van der Waals surface area contributed by atoms with Crippen LogP contribution in [-0.4, -0.2) is 21.0 Å². The van der Waals surface area contributed by atoms with Crippen molar-refractivity contribution >= 4 is 0 Å². The molecule has 0 radical (unpaired) electrons. The van der Waals surface area contributed by atoms with Gasteiger partial charge in [-0.05, 0) is 6.42 Å². The molecule has 0 aliphatic carbocycles. The van der Waals surface area contributed by atoms with Gasteiger partial charge in [-0.25, -0.2) is 0 Å². The highest BCUT2D eigenvalue weighted by molar-refractivity contribution is 4.91. The SMILES string of the molecule is CCCCCCCCn1cc(CNC(C)C)nn1. The molecule has 0 aliphatic rings. The number of nitrogens with zero attached hydrogens (tertiary/aromatic N) is 3. The molecular weight excluding hydrogens is 224 g/mol. The summed E-state index contributed by atoms with van der Waals surface area (Å²) in [5.41, 5.74) is 1.04. The van der Waals surface area contributed by atoms with Gasteiger partial charge in [0.1, 0.15) is 0 Å². The molecule has 1 N–H and O–H groups in total. The van der Waals surface area contributed by atoms with Gasteiger partial charge >= 0.3 is 0 Å². The van der Waals surface area contributed by atoms with E-state index in [-0.39, 0.29) is 0 Å². The minimum atomic E-state index is 0.494. The zero-order valence-corrected chi connectivity index (χ0v) is 12.2. The quantitative estimate of drug-likeness (QED) is 0.651. The monoisotopic (exact) mass is 252 g/mol. The maximum atomic E-state index is 4.17. The number of nitrogens with one attached hydrogen (secondary N) is 1. The Bertz CT molecular complexity index is 306. The minimum absolute atomic E-state index is 0.494. The van der Waals surface area contributed by atoms with Crippen LogP contribution in [0.2, 0.25) is 0 Å². The Kier molecular flexibility index (Phi) is 7.65. The molecular formula is C14H28N4. The summed E-state index contributed by atoms with van der Waals surface area (Å²) >= 11 is 0. The predicted octanol–water partition coefficient (Wildman–Crippen LogP) is 3.14. The lowest BCUT2D eigenvalue weighted by molar-refractivity contribution is 0.516. The molecule has 4 nitrogen and oxygen atoms in total. The average Bonchev–Trinajstić information content (AvgIpc) is 2.79. The van der Waals surface area contributed by atoms with E-state index in [4.69, 9.17) is 0 Å². The van der Waals surface area contributed by atoms with Crippen molar-refractivity contribution in [2.24, 2.45) is 0 Å². The Morgan fingerprint density at radius 2 is 1.89 bits per heavy atom. The highest BCUT2D eigenvalue weighted by atomic mass is 15.4. The van der Waals surface area contributed by atoms with Crippen LogP contribution < -0.4 is 5.32 Å². The summed E-state index contributed by atoms with van der Waals surface area (Å²) in [6.45, 7) is 8.35. The summed E-state index contributed by atoms with van der Waals surface area (Å²) in [6, 6.07) is 0.494. The van der Waals surface area contributed by atoms with Gasteiger partial charge in [0.05, 0.1) is 5.69 Å². The van der Waals surface area contributed by atoms with Crippen LogP contribution in [0.15, 0.2) is 6.20 Å². The van der Waals surface area contributed by atoms with E-state index in [1.807, 2.05) is 4.68 Å². The summed E-state index contributed by atoms with van der Waals surface area (Å²) in [7, 11) is 0. The first-order valence-corrected chi connectivity index (χ1v) is 7.34. The number of unbranched alkanes of at least 4 members (excludes halogenated alkanes) is 5. The summed E-state index contributed by atoms with van der Waals surface area (Å²) in [4.78, 5) is 0. The molecule has 18 heavy (non-hydrogen) atoms. The van der Waals surface area contributed by atoms with Crippen molar-refractivity contribution < 1.29 is 0 Å². The van der Waals surface area contributed by atoms with Crippen molar-refractivity contribution in [2.45, 2.75) is 78.4 Å². The molecule has 104 valence electrons. The number of aromatic nitrogens is 3. The first-order valence-electron chi connectivity index (χ1n) is 7.34. The molecule has 0 fully saturated rings. The minimum Gasteiger partial charge on any atom is -0.309 e. The smallest absolute Gasteiger partial charge is 0.0964 e. The van der Waals surface area contributed by atoms with Gasteiger partial charge in [0, 0.05) is 25.3 Å². The van der Waals surface area contributed by atoms with E-state index in [1.54, 1.807) is 0 Å². The molecule has 0 spiro atoms. The third-order valence-electron chi connectivity index (χ3n) is 3.02. The van der Waals surface area contributed by atoms with Crippen molar-refractivity contribution in [1.82, 2.24) is 20.3 Å². The largest absolute Gasteiger partial charge is 0.309 e. The van der Waals surface area contributed by atoms with Crippen LogP contribution in [0, 0.1) is 0 Å². The zero-order chi connectivity index (χ0) is 13.2. The molecule has 0 saturated carbocycles. The van der Waals surface area contributed by atoms with E-state index < -0.39 is 0 Å². The van der Waals surface area contributed by atoms with Crippen LogP contribution in [0.5, 0.6) is 0 Å². The van der Waals surface area contributed by atoms with E-state index >= 15 is 0 Å². The van der Waals surface area contributed by atoms with Crippen molar-refractivity contribution in [3.05, 3.63) is 11.9 Å². The second kappa shape index (κ2) is 9.09. The van der Waals surface area contributed by atoms with Crippen LogP contribution in [0.3, 0.4) is 0 Å². The van der Waals surface area contributed by atoms with Gasteiger partial charge < -0.3 is 5.32 Å². The van der Waals surface area contributed by atoms with Gasteiger partial charge in [-0.15, -0.1) is 5.10 Å². The van der Waals surface area contributed by atoms with Gasteiger partial charge in [-0.3, -0.25) is 4.68 Å².